The summed E-state index contributed by atoms with van der Waals surface area (Å²) < 4.78 is 33.7. The Morgan fingerprint density at radius 1 is 1.45 bits per heavy atom. The summed E-state index contributed by atoms with van der Waals surface area (Å²) in [5.74, 6) is 0.253. The highest BCUT2D eigenvalue weighted by Crippen LogP contribution is 2.35. The van der Waals surface area contributed by atoms with Gasteiger partial charge in [-0.2, -0.15) is 0 Å². The van der Waals surface area contributed by atoms with E-state index in [1.54, 1.807) is 6.07 Å². The molecule has 0 aromatic heterocycles. The molecule has 1 aromatic carbocycles. The number of nitrogens with one attached hydrogen (secondary N) is 2. The molecule has 1 aromatic rings. The number of hydrogen-bond acceptors (Lipinski definition) is 4. The number of hydrogen-bond donors (Lipinski definition) is 2. The van der Waals surface area contributed by atoms with Gasteiger partial charge in [0.25, 0.3) is 0 Å². The van der Waals surface area contributed by atoms with Crippen LogP contribution in [0.15, 0.2) is 21.5 Å². The predicted octanol–water partition coefficient (Wildman–Crippen LogP) is 2.95. The molecule has 1 heterocycles. The lowest BCUT2D eigenvalue weighted by molar-refractivity contribution is 0.347. The van der Waals surface area contributed by atoms with Crippen LogP contribution >= 0.6 is 39.9 Å². The van der Waals surface area contributed by atoms with E-state index >= 15 is 0 Å². The first-order valence-corrected chi connectivity index (χ1v) is 9.29. The Morgan fingerprint density at radius 2 is 2.14 bits per heavy atom. The van der Waals surface area contributed by atoms with E-state index in [0.29, 0.717) is 9.50 Å². The Balaban J connectivity index is 0.00000242. The zero-order valence-electron chi connectivity index (χ0n) is 12.2. The number of ether oxygens (including phenoxy) is 1. The van der Waals surface area contributed by atoms with Crippen LogP contribution in [0.1, 0.15) is 19.8 Å². The van der Waals surface area contributed by atoms with Gasteiger partial charge in [0.15, 0.2) is 5.75 Å². The third-order valence-electron chi connectivity index (χ3n) is 3.54. The van der Waals surface area contributed by atoms with E-state index in [-0.39, 0.29) is 35.1 Å². The van der Waals surface area contributed by atoms with Crippen LogP contribution < -0.4 is 14.8 Å². The van der Waals surface area contributed by atoms with Crippen LogP contribution in [0.5, 0.6) is 5.75 Å². The monoisotopic (exact) mass is 432 g/mol. The van der Waals surface area contributed by atoms with Crippen LogP contribution in [0.4, 0.5) is 0 Å². The standard InChI is InChI=1S/C13H18BrClN2O3S.ClH/c1-8-11(4-3-5-16-8)17-21(18,19)12-7-9(15)6-10(14)13(12)20-2;/h6-8,11,16-17H,3-5H2,1-2H3;1H. The summed E-state index contributed by atoms with van der Waals surface area (Å²) in [6, 6.07) is 2.94. The van der Waals surface area contributed by atoms with Gasteiger partial charge in [0.2, 0.25) is 10.0 Å². The van der Waals surface area contributed by atoms with Crippen molar-refractivity contribution in [2.45, 2.75) is 36.7 Å². The molecule has 126 valence electrons. The van der Waals surface area contributed by atoms with Gasteiger partial charge in [0.05, 0.1) is 11.6 Å². The van der Waals surface area contributed by atoms with Crippen molar-refractivity contribution in [3.8, 4) is 5.75 Å². The van der Waals surface area contributed by atoms with Crippen molar-refractivity contribution in [2.75, 3.05) is 13.7 Å². The van der Waals surface area contributed by atoms with Crippen molar-refractivity contribution in [3.05, 3.63) is 21.6 Å². The molecular formula is C13H19BrCl2N2O3S. The molecule has 0 aliphatic carbocycles. The van der Waals surface area contributed by atoms with Crippen LogP contribution in [0.3, 0.4) is 0 Å². The minimum atomic E-state index is -3.71. The molecule has 1 aliphatic rings. The average Bonchev–Trinajstić information content (AvgIpc) is 2.40. The van der Waals surface area contributed by atoms with Crippen LogP contribution in [0.25, 0.3) is 0 Å². The number of halogens is 3. The number of benzene rings is 1. The molecule has 0 radical (unpaired) electrons. The minimum Gasteiger partial charge on any atom is -0.494 e. The van der Waals surface area contributed by atoms with Gasteiger partial charge in [-0.25, -0.2) is 13.1 Å². The molecule has 1 aliphatic heterocycles. The first-order valence-electron chi connectivity index (χ1n) is 6.64. The van der Waals surface area contributed by atoms with Gasteiger partial charge in [-0.05, 0) is 54.4 Å². The normalized spacial score (nSPS) is 22.0. The number of sulfonamides is 1. The molecule has 2 atom stereocenters. The van der Waals surface area contributed by atoms with Crippen molar-refractivity contribution in [3.63, 3.8) is 0 Å². The molecule has 0 bridgehead atoms. The fraction of sp³-hybridized carbons (Fsp3) is 0.538. The molecule has 0 spiro atoms. The molecule has 5 nitrogen and oxygen atoms in total. The fourth-order valence-electron chi connectivity index (χ4n) is 2.40. The summed E-state index contributed by atoms with van der Waals surface area (Å²) in [7, 11) is -2.28. The quantitative estimate of drug-likeness (QED) is 0.765. The lowest BCUT2D eigenvalue weighted by atomic mass is 10.0. The van der Waals surface area contributed by atoms with E-state index in [9.17, 15) is 8.42 Å². The Morgan fingerprint density at radius 3 is 2.73 bits per heavy atom. The first-order chi connectivity index (χ1) is 9.85. The van der Waals surface area contributed by atoms with Crippen LogP contribution in [-0.4, -0.2) is 34.2 Å². The third-order valence-corrected chi connectivity index (χ3v) is 5.84. The van der Waals surface area contributed by atoms with Crippen LogP contribution in [-0.2, 0) is 10.0 Å². The highest BCUT2D eigenvalue weighted by atomic mass is 79.9. The largest absolute Gasteiger partial charge is 0.494 e. The average molecular weight is 434 g/mol. The van der Waals surface area contributed by atoms with Gasteiger partial charge in [0.1, 0.15) is 4.90 Å². The summed E-state index contributed by atoms with van der Waals surface area (Å²) in [6.45, 7) is 2.88. The van der Waals surface area contributed by atoms with Gasteiger partial charge >= 0.3 is 0 Å². The van der Waals surface area contributed by atoms with Crippen molar-refractivity contribution in [1.82, 2.24) is 10.0 Å². The second-order valence-corrected chi connectivity index (χ2v) is 8.00. The molecule has 2 unspecified atom stereocenters. The van der Waals surface area contributed by atoms with Gasteiger partial charge in [-0.1, -0.05) is 11.6 Å². The smallest absolute Gasteiger partial charge is 0.244 e. The Hall–Kier alpha value is -0.0500. The van der Waals surface area contributed by atoms with Crippen LogP contribution in [0.2, 0.25) is 5.02 Å². The predicted molar refractivity (Wildman–Crippen MR) is 93.8 cm³/mol. The number of rotatable bonds is 4. The summed E-state index contributed by atoms with van der Waals surface area (Å²) in [5.41, 5.74) is 0. The van der Waals surface area contributed by atoms with E-state index < -0.39 is 10.0 Å². The molecule has 1 fully saturated rings. The van der Waals surface area contributed by atoms with Crippen LogP contribution in [0, 0.1) is 0 Å². The molecule has 2 N–H and O–H groups in total. The Bertz CT molecular complexity index is 628. The SMILES string of the molecule is COc1c(Br)cc(Cl)cc1S(=O)(=O)NC1CCCNC1C.Cl. The topological polar surface area (TPSA) is 67.4 Å². The molecule has 9 heteroatoms. The van der Waals surface area contributed by atoms with Gasteiger partial charge in [0, 0.05) is 17.1 Å². The zero-order chi connectivity index (χ0) is 15.6. The van der Waals surface area contributed by atoms with E-state index in [0.717, 1.165) is 19.4 Å². The summed E-state index contributed by atoms with van der Waals surface area (Å²) >= 11 is 9.24. The van der Waals surface area contributed by atoms with Gasteiger partial charge in [-0.15, -0.1) is 12.4 Å². The Kier molecular flexibility index (Phi) is 7.42. The summed E-state index contributed by atoms with van der Waals surface area (Å²) in [6.07, 6.45) is 1.74. The first kappa shape index (κ1) is 20.0. The lowest BCUT2D eigenvalue weighted by Crippen LogP contribution is -2.51. The highest BCUT2D eigenvalue weighted by Gasteiger charge is 2.29. The molecule has 1 saturated heterocycles. The third kappa shape index (κ3) is 4.49. The highest BCUT2D eigenvalue weighted by molar-refractivity contribution is 9.10. The van der Waals surface area contributed by atoms with Crippen molar-refractivity contribution >= 4 is 50.0 Å². The van der Waals surface area contributed by atoms with Gasteiger partial charge in [-0.3, -0.25) is 0 Å². The molecule has 2 rings (SSSR count). The maximum absolute atomic E-state index is 12.6. The molecule has 22 heavy (non-hydrogen) atoms. The van der Waals surface area contributed by atoms with Crippen molar-refractivity contribution < 1.29 is 13.2 Å². The molecular weight excluding hydrogens is 415 g/mol. The van der Waals surface area contributed by atoms with Gasteiger partial charge < -0.3 is 10.1 Å². The van der Waals surface area contributed by atoms with Crippen molar-refractivity contribution in [1.29, 1.82) is 0 Å². The van der Waals surface area contributed by atoms with E-state index in [2.05, 4.69) is 26.0 Å². The molecule has 0 amide bonds. The van der Waals surface area contributed by atoms with E-state index in [1.807, 2.05) is 6.92 Å². The Labute approximate surface area is 150 Å². The summed E-state index contributed by atoms with van der Waals surface area (Å²) in [5, 5.41) is 3.60. The minimum absolute atomic E-state index is 0. The number of methoxy groups -OCH3 is 1. The maximum Gasteiger partial charge on any atom is 0.244 e. The second kappa shape index (κ2) is 8.17. The molecule has 0 saturated carbocycles. The zero-order valence-corrected chi connectivity index (χ0v) is 16.2. The maximum atomic E-state index is 12.6. The van der Waals surface area contributed by atoms with E-state index in [1.165, 1.54) is 13.2 Å². The lowest BCUT2D eigenvalue weighted by Gasteiger charge is -2.30. The number of piperidine rings is 1. The summed E-state index contributed by atoms with van der Waals surface area (Å²) in [4.78, 5) is 0.0437. The second-order valence-electron chi connectivity index (χ2n) is 5.03. The van der Waals surface area contributed by atoms with E-state index in [4.69, 9.17) is 16.3 Å². The van der Waals surface area contributed by atoms with Crippen molar-refractivity contribution in [2.24, 2.45) is 0 Å². The fourth-order valence-corrected chi connectivity index (χ4v) is 5.14.